The second-order valence-corrected chi connectivity index (χ2v) is 5.60. The maximum Gasteiger partial charge on any atom is 0.272 e. The lowest BCUT2D eigenvalue weighted by atomic mass is 9.96. The number of aliphatic hydroxyl groups excluding tert-OH is 1. The van der Waals surface area contributed by atoms with E-state index in [1.54, 1.807) is 0 Å². The Morgan fingerprint density at radius 2 is 2.00 bits per heavy atom. The summed E-state index contributed by atoms with van der Waals surface area (Å²) in [6.07, 6.45) is 2.23. The molecular formula is C16H17F2N3O2. The van der Waals surface area contributed by atoms with Gasteiger partial charge in [-0.15, -0.1) is 0 Å². The van der Waals surface area contributed by atoms with Gasteiger partial charge in [-0.2, -0.15) is 5.10 Å². The molecule has 0 aliphatic heterocycles. The molecule has 1 amide bonds. The minimum Gasteiger partial charge on any atom is -0.386 e. The molecule has 1 atom stereocenters. The van der Waals surface area contributed by atoms with Gasteiger partial charge < -0.3 is 10.4 Å². The quantitative estimate of drug-likeness (QED) is 0.806. The molecule has 2 aromatic rings. The van der Waals surface area contributed by atoms with Crippen LogP contribution in [0.15, 0.2) is 18.2 Å². The van der Waals surface area contributed by atoms with Crippen LogP contribution in [0.25, 0.3) is 0 Å². The zero-order valence-electron chi connectivity index (χ0n) is 12.4. The van der Waals surface area contributed by atoms with Crippen LogP contribution in [0.5, 0.6) is 0 Å². The second-order valence-electron chi connectivity index (χ2n) is 5.60. The van der Waals surface area contributed by atoms with Gasteiger partial charge in [0, 0.05) is 17.8 Å². The number of aryl methyl sites for hydroxylation is 1. The van der Waals surface area contributed by atoms with Crippen molar-refractivity contribution in [1.29, 1.82) is 0 Å². The van der Waals surface area contributed by atoms with Gasteiger partial charge in [0.05, 0.1) is 5.56 Å². The van der Waals surface area contributed by atoms with Gasteiger partial charge in [-0.1, -0.05) is 6.07 Å². The minimum atomic E-state index is -1.46. The summed E-state index contributed by atoms with van der Waals surface area (Å²) in [5.74, 6) is -2.15. The van der Waals surface area contributed by atoms with E-state index in [0.717, 1.165) is 49.1 Å². The third-order valence-electron chi connectivity index (χ3n) is 4.06. The first-order valence-electron chi connectivity index (χ1n) is 7.54. The Kier molecular flexibility index (Phi) is 4.38. The van der Waals surface area contributed by atoms with Gasteiger partial charge in [-0.05, 0) is 37.8 Å². The number of amides is 1. The van der Waals surface area contributed by atoms with Crippen LogP contribution in [-0.2, 0) is 12.8 Å². The van der Waals surface area contributed by atoms with Crippen molar-refractivity contribution in [3.05, 3.63) is 52.3 Å². The largest absolute Gasteiger partial charge is 0.386 e. The maximum atomic E-state index is 13.6. The highest BCUT2D eigenvalue weighted by atomic mass is 19.1. The number of hydrogen-bond donors (Lipinski definition) is 3. The van der Waals surface area contributed by atoms with Crippen LogP contribution < -0.4 is 5.32 Å². The molecular weight excluding hydrogens is 304 g/mol. The Morgan fingerprint density at radius 1 is 1.30 bits per heavy atom. The predicted octanol–water partition coefficient (Wildman–Crippen LogP) is 2.03. The van der Waals surface area contributed by atoms with Crippen molar-refractivity contribution in [1.82, 2.24) is 15.5 Å². The van der Waals surface area contributed by atoms with Crippen LogP contribution >= 0.6 is 0 Å². The Hall–Kier alpha value is -2.28. The first-order chi connectivity index (χ1) is 11.1. The van der Waals surface area contributed by atoms with Crippen LogP contribution in [0.4, 0.5) is 8.78 Å². The fourth-order valence-corrected chi connectivity index (χ4v) is 2.87. The number of fused-ring (bicyclic) bond motifs is 1. The first-order valence-corrected chi connectivity index (χ1v) is 7.54. The normalized spacial score (nSPS) is 15.1. The lowest BCUT2D eigenvalue weighted by Crippen LogP contribution is -2.30. The summed E-state index contributed by atoms with van der Waals surface area (Å²) >= 11 is 0. The molecule has 1 heterocycles. The van der Waals surface area contributed by atoms with E-state index in [1.807, 2.05) is 0 Å². The summed E-state index contributed by atoms with van der Waals surface area (Å²) in [5, 5.41) is 19.3. The molecule has 1 aliphatic carbocycles. The molecule has 0 radical (unpaired) electrons. The van der Waals surface area contributed by atoms with Gasteiger partial charge in [-0.3, -0.25) is 9.89 Å². The van der Waals surface area contributed by atoms with Crippen molar-refractivity contribution in [2.75, 3.05) is 6.54 Å². The molecule has 5 nitrogen and oxygen atoms in total. The lowest BCUT2D eigenvalue weighted by Gasteiger charge is -2.14. The molecule has 3 rings (SSSR count). The molecule has 0 bridgehead atoms. The van der Waals surface area contributed by atoms with E-state index in [-0.39, 0.29) is 6.54 Å². The number of aromatic amines is 1. The van der Waals surface area contributed by atoms with Crippen LogP contribution in [0, 0.1) is 11.6 Å². The maximum absolute atomic E-state index is 13.6. The van der Waals surface area contributed by atoms with Crippen molar-refractivity contribution in [3.63, 3.8) is 0 Å². The van der Waals surface area contributed by atoms with E-state index in [0.29, 0.717) is 5.69 Å². The van der Waals surface area contributed by atoms with E-state index in [4.69, 9.17) is 0 Å². The zero-order chi connectivity index (χ0) is 16.4. The third-order valence-corrected chi connectivity index (χ3v) is 4.06. The molecule has 3 N–H and O–H groups in total. The average molecular weight is 321 g/mol. The zero-order valence-corrected chi connectivity index (χ0v) is 12.4. The van der Waals surface area contributed by atoms with Gasteiger partial charge in [0.1, 0.15) is 17.7 Å². The Bertz CT molecular complexity index is 710. The molecule has 1 aromatic carbocycles. The van der Waals surface area contributed by atoms with Crippen LogP contribution in [0.2, 0.25) is 0 Å². The fourth-order valence-electron chi connectivity index (χ4n) is 2.87. The van der Waals surface area contributed by atoms with Gasteiger partial charge in [-0.25, -0.2) is 8.78 Å². The molecule has 0 saturated heterocycles. The van der Waals surface area contributed by atoms with E-state index in [1.165, 1.54) is 6.07 Å². The first kappa shape index (κ1) is 15.6. The Morgan fingerprint density at radius 3 is 2.74 bits per heavy atom. The van der Waals surface area contributed by atoms with Crippen LogP contribution in [0.1, 0.15) is 46.3 Å². The summed E-state index contributed by atoms with van der Waals surface area (Å²) in [6, 6.07) is 3.34. The standard InChI is InChI=1S/C16H17F2N3O2/c17-10-5-3-6-11(18)14(10)13(22)8-19-16(23)15-9-4-1-2-7-12(9)20-21-15/h3,5-6,13,22H,1-2,4,7-8H2,(H,19,23)(H,20,21). The highest BCUT2D eigenvalue weighted by Crippen LogP contribution is 2.23. The topological polar surface area (TPSA) is 78.0 Å². The number of carbonyl (C=O) groups excluding carboxylic acids is 1. The minimum absolute atomic E-state index is 0.293. The summed E-state index contributed by atoms with van der Waals surface area (Å²) in [5.41, 5.74) is 1.69. The van der Waals surface area contributed by atoms with E-state index in [2.05, 4.69) is 15.5 Å². The van der Waals surface area contributed by atoms with Crippen LogP contribution in [-0.4, -0.2) is 27.8 Å². The number of benzene rings is 1. The number of H-pyrrole nitrogens is 1. The summed E-state index contributed by atoms with van der Waals surface area (Å²) in [7, 11) is 0. The molecule has 1 aromatic heterocycles. The summed E-state index contributed by atoms with van der Waals surface area (Å²) in [6.45, 7) is -0.293. The SMILES string of the molecule is O=C(NCC(O)c1c(F)cccc1F)c1n[nH]c2c1CCCC2. The van der Waals surface area contributed by atoms with Gasteiger partial charge >= 0.3 is 0 Å². The molecule has 0 fully saturated rings. The lowest BCUT2D eigenvalue weighted by molar-refractivity contribution is 0.0905. The molecule has 0 spiro atoms. The second kappa shape index (κ2) is 6.45. The Labute approximate surface area is 131 Å². The smallest absolute Gasteiger partial charge is 0.272 e. The van der Waals surface area contributed by atoms with Crippen molar-refractivity contribution in [2.24, 2.45) is 0 Å². The van der Waals surface area contributed by atoms with Gasteiger partial charge in [0.25, 0.3) is 5.91 Å². The molecule has 7 heteroatoms. The highest BCUT2D eigenvalue weighted by Gasteiger charge is 2.23. The average Bonchev–Trinajstić information content (AvgIpc) is 2.96. The van der Waals surface area contributed by atoms with Crippen molar-refractivity contribution < 1.29 is 18.7 Å². The fraction of sp³-hybridized carbons (Fsp3) is 0.375. The van der Waals surface area contributed by atoms with E-state index in [9.17, 15) is 18.7 Å². The number of nitrogens with one attached hydrogen (secondary N) is 2. The predicted molar refractivity (Wildman–Crippen MR) is 78.9 cm³/mol. The van der Waals surface area contributed by atoms with E-state index < -0.39 is 29.2 Å². The monoisotopic (exact) mass is 321 g/mol. The van der Waals surface area contributed by atoms with Crippen LogP contribution in [0.3, 0.4) is 0 Å². The van der Waals surface area contributed by atoms with Crippen molar-refractivity contribution in [2.45, 2.75) is 31.8 Å². The third kappa shape index (κ3) is 3.10. The van der Waals surface area contributed by atoms with Gasteiger partial charge in [0.15, 0.2) is 5.69 Å². The number of carbonyl (C=O) groups is 1. The Balaban J connectivity index is 1.68. The van der Waals surface area contributed by atoms with Crippen molar-refractivity contribution >= 4 is 5.91 Å². The molecule has 122 valence electrons. The number of aromatic nitrogens is 2. The highest BCUT2D eigenvalue weighted by molar-refractivity contribution is 5.94. The molecule has 1 aliphatic rings. The molecule has 23 heavy (non-hydrogen) atoms. The number of aliphatic hydroxyl groups is 1. The summed E-state index contributed by atoms with van der Waals surface area (Å²) in [4.78, 5) is 12.2. The molecule has 1 unspecified atom stereocenters. The van der Waals surface area contributed by atoms with E-state index >= 15 is 0 Å². The number of nitrogens with zero attached hydrogens (tertiary/aromatic N) is 1. The number of rotatable bonds is 4. The number of hydrogen-bond acceptors (Lipinski definition) is 3. The number of halogens is 2. The van der Waals surface area contributed by atoms with Gasteiger partial charge in [0.2, 0.25) is 0 Å². The summed E-state index contributed by atoms with van der Waals surface area (Å²) < 4.78 is 27.2. The van der Waals surface area contributed by atoms with Crippen molar-refractivity contribution in [3.8, 4) is 0 Å². The molecule has 0 saturated carbocycles.